The van der Waals surface area contributed by atoms with Crippen LogP contribution in [0, 0.1) is 11.7 Å². The Hall–Kier alpha value is -0.760. The second-order valence-electron chi connectivity index (χ2n) is 4.91. The molecule has 0 radical (unpaired) electrons. The molecule has 1 fully saturated rings. The molecule has 2 rings (SSSR count). The van der Waals surface area contributed by atoms with E-state index in [4.69, 9.17) is 11.6 Å². The number of hydrogen-bond donors (Lipinski definition) is 1. The summed E-state index contributed by atoms with van der Waals surface area (Å²) in [4.78, 5) is 0. The third-order valence-corrected chi connectivity index (χ3v) is 3.94. The minimum Gasteiger partial charge on any atom is -0.382 e. The molecule has 1 aromatic carbocycles. The van der Waals surface area contributed by atoms with Crippen molar-refractivity contribution in [1.29, 1.82) is 0 Å². The van der Waals surface area contributed by atoms with Gasteiger partial charge in [-0.05, 0) is 37.0 Å². The number of rotatable bonds is 3. The van der Waals surface area contributed by atoms with E-state index in [0.29, 0.717) is 6.04 Å². The first-order valence-electron chi connectivity index (χ1n) is 6.40. The summed E-state index contributed by atoms with van der Waals surface area (Å²) in [6, 6.07) is 5.36. The van der Waals surface area contributed by atoms with Crippen LogP contribution < -0.4 is 5.32 Å². The maximum Gasteiger partial charge on any atom is 0.141 e. The Morgan fingerprint density at radius 2 is 2.24 bits per heavy atom. The van der Waals surface area contributed by atoms with Gasteiger partial charge in [0.05, 0.1) is 5.02 Å². The Bertz CT molecular complexity index is 380. The molecule has 0 heterocycles. The Balaban J connectivity index is 1.97. The Kier molecular flexibility index (Phi) is 4.27. The predicted octanol–water partition coefficient (Wildman–Crippen LogP) is 4.86. The van der Waals surface area contributed by atoms with Crippen molar-refractivity contribution in [1.82, 2.24) is 0 Å². The van der Waals surface area contributed by atoms with Gasteiger partial charge in [0, 0.05) is 11.7 Å². The summed E-state index contributed by atoms with van der Waals surface area (Å²) in [5, 5.41) is 3.65. The molecule has 2 unspecified atom stereocenters. The number of benzene rings is 1. The topological polar surface area (TPSA) is 12.0 Å². The summed E-state index contributed by atoms with van der Waals surface area (Å²) in [6.45, 7) is 2.25. The minimum atomic E-state index is -0.354. The van der Waals surface area contributed by atoms with E-state index in [1.165, 1.54) is 38.2 Å². The molecular weight excluding hydrogens is 237 g/mol. The molecule has 0 aromatic heterocycles. The van der Waals surface area contributed by atoms with E-state index in [-0.39, 0.29) is 10.8 Å². The summed E-state index contributed by atoms with van der Waals surface area (Å²) >= 11 is 5.77. The number of hydrogen-bond acceptors (Lipinski definition) is 1. The molecule has 1 aliphatic carbocycles. The second kappa shape index (κ2) is 5.72. The van der Waals surface area contributed by atoms with E-state index in [2.05, 4.69) is 12.2 Å². The van der Waals surface area contributed by atoms with Crippen molar-refractivity contribution in [2.75, 3.05) is 5.32 Å². The Labute approximate surface area is 107 Å². The smallest absolute Gasteiger partial charge is 0.141 e. The van der Waals surface area contributed by atoms with Gasteiger partial charge in [0.2, 0.25) is 0 Å². The third-order valence-electron chi connectivity index (χ3n) is 3.65. The maximum atomic E-state index is 13.0. The van der Waals surface area contributed by atoms with Gasteiger partial charge in [-0.1, -0.05) is 37.8 Å². The highest BCUT2D eigenvalue weighted by molar-refractivity contribution is 6.31. The molecule has 1 nitrogen and oxygen atoms in total. The zero-order valence-corrected chi connectivity index (χ0v) is 10.9. The lowest BCUT2D eigenvalue weighted by atomic mass is 9.84. The van der Waals surface area contributed by atoms with Crippen LogP contribution >= 0.6 is 11.6 Å². The van der Waals surface area contributed by atoms with Gasteiger partial charge < -0.3 is 5.32 Å². The quantitative estimate of drug-likeness (QED) is 0.813. The number of halogens is 2. The minimum absolute atomic E-state index is 0.192. The average Bonchev–Trinajstić information content (AvgIpc) is 2.34. The van der Waals surface area contributed by atoms with Crippen LogP contribution in [0.1, 0.15) is 39.0 Å². The highest BCUT2D eigenvalue weighted by atomic mass is 35.5. The number of nitrogens with one attached hydrogen (secondary N) is 1. The summed E-state index contributed by atoms with van der Waals surface area (Å²) in [5.74, 6) is 0.476. The highest BCUT2D eigenvalue weighted by Gasteiger charge is 2.20. The molecule has 1 saturated carbocycles. The molecule has 1 N–H and O–H groups in total. The van der Waals surface area contributed by atoms with Crippen molar-refractivity contribution < 1.29 is 4.39 Å². The molecule has 1 aliphatic rings. The Morgan fingerprint density at radius 3 is 2.94 bits per heavy atom. The van der Waals surface area contributed by atoms with Crippen LogP contribution in [0.2, 0.25) is 5.02 Å². The SMILES string of the molecule is CCC1CCCC(Nc2ccc(F)c(Cl)c2)C1. The van der Waals surface area contributed by atoms with Crippen molar-refractivity contribution >= 4 is 17.3 Å². The average molecular weight is 256 g/mol. The first-order valence-corrected chi connectivity index (χ1v) is 6.78. The fourth-order valence-electron chi connectivity index (χ4n) is 2.61. The zero-order chi connectivity index (χ0) is 12.3. The highest BCUT2D eigenvalue weighted by Crippen LogP contribution is 2.29. The van der Waals surface area contributed by atoms with Gasteiger partial charge in [-0.25, -0.2) is 4.39 Å². The van der Waals surface area contributed by atoms with Gasteiger partial charge in [0.15, 0.2) is 0 Å². The van der Waals surface area contributed by atoms with Crippen LogP contribution in [0.15, 0.2) is 18.2 Å². The van der Waals surface area contributed by atoms with Gasteiger partial charge in [-0.2, -0.15) is 0 Å². The molecule has 2 atom stereocenters. The third kappa shape index (κ3) is 3.35. The number of anilines is 1. The molecule has 0 aliphatic heterocycles. The monoisotopic (exact) mass is 255 g/mol. The first-order chi connectivity index (χ1) is 8.19. The van der Waals surface area contributed by atoms with E-state index < -0.39 is 0 Å². The van der Waals surface area contributed by atoms with Crippen LogP contribution in [0.5, 0.6) is 0 Å². The van der Waals surface area contributed by atoms with E-state index in [1.807, 2.05) is 0 Å². The molecule has 0 bridgehead atoms. The van der Waals surface area contributed by atoms with Crippen molar-refractivity contribution in [3.8, 4) is 0 Å². The first kappa shape index (κ1) is 12.7. The summed E-state index contributed by atoms with van der Waals surface area (Å²) < 4.78 is 13.0. The lowest BCUT2D eigenvalue weighted by Crippen LogP contribution is -2.27. The van der Waals surface area contributed by atoms with Gasteiger partial charge in [0.1, 0.15) is 5.82 Å². The van der Waals surface area contributed by atoms with Gasteiger partial charge in [0.25, 0.3) is 0 Å². The van der Waals surface area contributed by atoms with Crippen LogP contribution in [0.3, 0.4) is 0 Å². The van der Waals surface area contributed by atoms with Crippen molar-refractivity contribution in [2.24, 2.45) is 5.92 Å². The fraction of sp³-hybridized carbons (Fsp3) is 0.571. The maximum absolute atomic E-state index is 13.0. The van der Waals surface area contributed by atoms with Gasteiger partial charge >= 0.3 is 0 Å². The second-order valence-corrected chi connectivity index (χ2v) is 5.32. The van der Waals surface area contributed by atoms with E-state index in [9.17, 15) is 4.39 Å². The summed E-state index contributed by atoms with van der Waals surface area (Å²) in [6.07, 6.45) is 6.29. The van der Waals surface area contributed by atoms with Crippen LogP contribution in [0.4, 0.5) is 10.1 Å². The molecule has 0 amide bonds. The van der Waals surface area contributed by atoms with Gasteiger partial charge in [-0.15, -0.1) is 0 Å². The molecule has 3 heteroatoms. The lowest BCUT2D eigenvalue weighted by Gasteiger charge is -2.29. The lowest BCUT2D eigenvalue weighted by molar-refractivity contribution is 0.327. The normalized spacial score (nSPS) is 24.6. The predicted molar refractivity (Wildman–Crippen MR) is 71.1 cm³/mol. The molecule has 1 aromatic rings. The van der Waals surface area contributed by atoms with Crippen molar-refractivity contribution in [3.05, 3.63) is 29.0 Å². The molecular formula is C14H19ClFN. The standard InChI is InChI=1S/C14H19ClFN/c1-2-10-4-3-5-11(8-10)17-12-6-7-14(16)13(15)9-12/h6-7,9-11,17H,2-5,8H2,1H3. The van der Waals surface area contributed by atoms with Gasteiger partial charge in [-0.3, -0.25) is 0 Å². The van der Waals surface area contributed by atoms with E-state index >= 15 is 0 Å². The largest absolute Gasteiger partial charge is 0.382 e. The van der Waals surface area contributed by atoms with Crippen molar-refractivity contribution in [3.63, 3.8) is 0 Å². The molecule has 0 spiro atoms. The fourth-order valence-corrected chi connectivity index (χ4v) is 2.80. The zero-order valence-electron chi connectivity index (χ0n) is 10.2. The Morgan fingerprint density at radius 1 is 1.41 bits per heavy atom. The van der Waals surface area contributed by atoms with Crippen LogP contribution in [-0.4, -0.2) is 6.04 Å². The molecule has 0 saturated heterocycles. The summed E-state index contributed by atoms with van der Waals surface area (Å²) in [5.41, 5.74) is 0.929. The summed E-state index contributed by atoms with van der Waals surface area (Å²) in [7, 11) is 0. The van der Waals surface area contributed by atoms with Crippen molar-refractivity contribution in [2.45, 2.75) is 45.1 Å². The van der Waals surface area contributed by atoms with E-state index in [0.717, 1.165) is 11.6 Å². The molecule has 94 valence electrons. The van der Waals surface area contributed by atoms with Crippen LogP contribution in [-0.2, 0) is 0 Å². The van der Waals surface area contributed by atoms with Crippen LogP contribution in [0.25, 0.3) is 0 Å². The van der Waals surface area contributed by atoms with E-state index in [1.54, 1.807) is 12.1 Å². The molecule has 17 heavy (non-hydrogen) atoms.